The van der Waals surface area contributed by atoms with E-state index in [0.717, 1.165) is 0 Å². The molecule has 1 aromatic carbocycles. The Hall–Kier alpha value is -1.26. The zero-order valence-corrected chi connectivity index (χ0v) is 12.6. The first-order valence-electron chi connectivity index (χ1n) is 6.40. The second-order valence-corrected chi connectivity index (χ2v) is 5.57. The number of amides is 1. The van der Waals surface area contributed by atoms with E-state index in [2.05, 4.69) is 0 Å². The first-order valence-corrected chi connectivity index (χ1v) is 7.16. The number of carbonyl (C=O) groups is 2. The van der Waals surface area contributed by atoms with Crippen LogP contribution in [0.3, 0.4) is 0 Å². The Morgan fingerprint density at radius 1 is 1.20 bits per heavy atom. The molecule has 0 N–H and O–H groups in total. The van der Waals surface area contributed by atoms with Crippen LogP contribution in [0.5, 0.6) is 5.75 Å². The molecule has 1 aliphatic heterocycles. The molecular weight excluding hydrogens is 301 g/mol. The van der Waals surface area contributed by atoms with Crippen LogP contribution in [0.1, 0.15) is 19.8 Å². The van der Waals surface area contributed by atoms with E-state index in [1.165, 1.54) is 6.92 Å². The molecule has 1 saturated heterocycles. The molecule has 4 nitrogen and oxygen atoms in total. The van der Waals surface area contributed by atoms with E-state index >= 15 is 0 Å². The smallest absolute Gasteiger partial charge is 0.314 e. The van der Waals surface area contributed by atoms with Gasteiger partial charge in [0, 0.05) is 20.0 Å². The Morgan fingerprint density at radius 3 is 2.25 bits per heavy atom. The summed E-state index contributed by atoms with van der Waals surface area (Å²) < 4.78 is 5.30. The number of hydrogen-bond acceptors (Lipinski definition) is 3. The predicted molar refractivity (Wildman–Crippen MR) is 77.1 cm³/mol. The lowest BCUT2D eigenvalue weighted by Crippen LogP contribution is -2.40. The lowest BCUT2D eigenvalue weighted by Gasteiger charge is -2.30. The van der Waals surface area contributed by atoms with Crippen molar-refractivity contribution in [3.8, 4) is 5.75 Å². The highest BCUT2D eigenvalue weighted by Crippen LogP contribution is 2.33. The molecule has 1 amide bonds. The molecule has 0 unspecified atom stereocenters. The van der Waals surface area contributed by atoms with Gasteiger partial charge in [-0.3, -0.25) is 9.59 Å². The molecule has 0 radical (unpaired) electrons. The molecule has 2 rings (SSSR count). The topological polar surface area (TPSA) is 46.6 Å². The van der Waals surface area contributed by atoms with Crippen LogP contribution >= 0.6 is 23.2 Å². The Bertz CT molecular complexity index is 505. The Morgan fingerprint density at radius 2 is 1.75 bits per heavy atom. The van der Waals surface area contributed by atoms with Gasteiger partial charge in [-0.2, -0.15) is 0 Å². The fourth-order valence-corrected chi connectivity index (χ4v) is 2.67. The summed E-state index contributed by atoms with van der Waals surface area (Å²) in [6, 6.07) is 4.93. The number of nitrogens with zero attached hydrogens (tertiary/aromatic N) is 1. The van der Waals surface area contributed by atoms with Crippen molar-refractivity contribution in [2.45, 2.75) is 19.8 Å². The monoisotopic (exact) mass is 315 g/mol. The molecule has 1 fully saturated rings. The van der Waals surface area contributed by atoms with Gasteiger partial charge in [0.2, 0.25) is 5.91 Å². The van der Waals surface area contributed by atoms with Crippen LogP contribution in [0.25, 0.3) is 0 Å². The van der Waals surface area contributed by atoms with E-state index in [4.69, 9.17) is 27.9 Å². The minimum atomic E-state index is -0.344. The maximum atomic E-state index is 12.1. The van der Waals surface area contributed by atoms with E-state index in [1.54, 1.807) is 23.1 Å². The first-order chi connectivity index (χ1) is 9.49. The van der Waals surface area contributed by atoms with E-state index in [-0.39, 0.29) is 23.5 Å². The van der Waals surface area contributed by atoms with Gasteiger partial charge in [-0.1, -0.05) is 29.3 Å². The third kappa shape index (κ3) is 3.44. The van der Waals surface area contributed by atoms with Crippen LogP contribution in [-0.2, 0) is 9.59 Å². The fourth-order valence-electron chi connectivity index (χ4n) is 2.19. The van der Waals surface area contributed by atoms with Crippen molar-refractivity contribution < 1.29 is 14.3 Å². The summed E-state index contributed by atoms with van der Waals surface area (Å²) in [4.78, 5) is 25.1. The zero-order valence-electron chi connectivity index (χ0n) is 11.1. The number of esters is 1. The highest BCUT2D eigenvalue weighted by atomic mass is 35.5. The molecule has 20 heavy (non-hydrogen) atoms. The summed E-state index contributed by atoms with van der Waals surface area (Å²) in [5.41, 5.74) is 0. The summed E-state index contributed by atoms with van der Waals surface area (Å²) >= 11 is 11.9. The lowest BCUT2D eigenvalue weighted by atomic mass is 9.97. The number of hydrogen-bond donors (Lipinski definition) is 0. The number of benzene rings is 1. The minimum Gasteiger partial charge on any atom is -0.423 e. The summed E-state index contributed by atoms with van der Waals surface area (Å²) in [7, 11) is 0. The maximum absolute atomic E-state index is 12.1. The van der Waals surface area contributed by atoms with Gasteiger partial charge in [-0.25, -0.2) is 0 Å². The van der Waals surface area contributed by atoms with Crippen molar-refractivity contribution in [3.63, 3.8) is 0 Å². The molecule has 0 atom stereocenters. The average molecular weight is 316 g/mol. The average Bonchev–Trinajstić information content (AvgIpc) is 2.43. The van der Waals surface area contributed by atoms with Gasteiger partial charge in [-0.15, -0.1) is 0 Å². The van der Waals surface area contributed by atoms with Gasteiger partial charge < -0.3 is 9.64 Å². The van der Waals surface area contributed by atoms with Crippen LogP contribution in [0.4, 0.5) is 0 Å². The Kier molecular flexibility index (Phi) is 4.89. The number of carbonyl (C=O) groups excluding carboxylic acids is 2. The van der Waals surface area contributed by atoms with Crippen LogP contribution in [0, 0.1) is 5.92 Å². The molecular formula is C14H15Cl2NO3. The summed E-state index contributed by atoms with van der Waals surface area (Å²) in [5, 5.41) is 0.624. The molecule has 0 saturated carbocycles. The number of likely N-dealkylation sites (tertiary alicyclic amines) is 1. The molecule has 1 aliphatic rings. The summed E-state index contributed by atoms with van der Waals surface area (Å²) in [6.07, 6.45) is 1.20. The summed E-state index contributed by atoms with van der Waals surface area (Å²) in [5.74, 6) is -0.332. The van der Waals surface area contributed by atoms with Gasteiger partial charge >= 0.3 is 5.97 Å². The quantitative estimate of drug-likeness (QED) is 0.622. The number of piperidine rings is 1. The van der Waals surface area contributed by atoms with Crippen LogP contribution in [-0.4, -0.2) is 29.9 Å². The first kappa shape index (κ1) is 15.1. The molecule has 6 heteroatoms. The molecule has 0 bridgehead atoms. The van der Waals surface area contributed by atoms with Crippen LogP contribution in [0.15, 0.2) is 18.2 Å². The van der Waals surface area contributed by atoms with E-state index in [1.807, 2.05) is 0 Å². The molecule has 0 aromatic heterocycles. The predicted octanol–water partition coefficient (Wildman–Crippen LogP) is 3.16. The van der Waals surface area contributed by atoms with Crippen LogP contribution < -0.4 is 4.74 Å². The minimum absolute atomic E-state index is 0.0333. The van der Waals surface area contributed by atoms with Crippen molar-refractivity contribution in [1.29, 1.82) is 0 Å². The third-order valence-corrected chi connectivity index (χ3v) is 3.99. The SMILES string of the molecule is CC(=O)N1CCC(C(=O)Oc2c(Cl)cccc2Cl)CC1. The molecule has 0 spiro atoms. The maximum Gasteiger partial charge on any atom is 0.314 e. The van der Waals surface area contributed by atoms with Gasteiger partial charge in [0.25, 0.3) is 0 Å². The zero-order chi connectivity index (χ0) is 14.7. The van der Waals surface area contributed by atoms with Gasteiger partial charge in [0.15, 0.2) is 5.75 Å². The molecule has 0 aliphatic carbocycles. The van der Waals surface area contributed by atoms with Crippen molar-refractivity contribution in [1.82, 2.24) is 4.90 Å². The van der Waals surface area contributed by atoms with Gasteiger partial charge in [0.05, 0.1) is 16.0 Å². The number of para-hydroxylation sites is 1. The molecule has 1 heterocycles. The number of ether oxygens (including phenoxy) is 1. The van der Waals surface area contributed by atoms with E-state index < -0.39 is 0 Å². The van der Waals surface area contributed by atoms with E-state index in [0.29, 0.717) is 36.0 Å². The second-order valence-electron chi connectivity index (χ2n) is 4.75. The van der Waals surface area contributed by atoms with Crippen molar-refractivity contribution in [3.05, 3.63) is 28.2 Å². The lowest BCUT2D eigenvalue weighted by molar-refractivity contribution is -0.142. The standard InChI is InChI=1S/C14H15Cl2NO3/c1-9(18)17-7-5-10(6-8-17)14(19)20-13-11(15)3-2-4-12(13)16/h2-4,10H,5-8H2,1H3. The fraction of sp³-hybridized carbons (Fsp3) is 0.429. The largest absolute Gasteiger partial charge is 0.423 e. The van der Waals surface area contributed by atoms with Gasteiger partial charge in [-0.05, 0) is 25.0 Å². The second kappa shape index (κ2) is 6.46. The highest BCUT2D eigenvalue weighted by molar-refractivity contribution is 6.37. The number of halogens is 2. The normalized spacial score (nSPS) is 16.1. The highest BCUT2D eigenvalue weighted by Gasteiger charge is 2.28. The third-order valence-electron chi connectivity index (χ3n) is 3.40. The van der Waals surface area contributed by atoms with Crippen molar-refractivity contribution in [2.75, 3.05) is 13.1 Å². The Labute approximate surface area is 127 Å². The van der Waals surface area contributed by atoms with Gasteiger partial charge in [0.1, 0.15) is 0 Å². The summed E-state index contributed by atoms with van der Waals surface area (Å²) in [6.45, 7) is 2.68. The number of rotatable bonds is 2. The van der Waals surface area contributed by atoms with Crippen LogP contribution in [0.2, 0.25) is 10.0 Å². The van der Waals surface area contributed by atoms with Crippen molar-refractivity contribution in [2.24, 2.45) is 5.92 Å². The van der Waals surface area contributed by atoms with E-state index in [9.17, 15) is 9.59 Å². The Balaban J connectivity index is 1.98. The molecule has 108 valence electrons. The molecule has 1 aromatic rings. The van der Waals surface area contributed by atoms with Crippen molar-refractivity contribution >= 4 is 35.1 Å².